The first-order chi connectivity index (χ1) is 12.3. The zero-order valence-electron chi connectivity index (χ0n) is 14.6. The first kappa shape index (κ1) is 18.8. The molecular weight excluding hydrogens is 342 g/mol. The molecule has 0 fully saturated rings. The van der Waals surface area contributed by atoms with Crippen molar-refractivity contribution in [2.75, 3.05) is 26.6 Å². The van der Waals surface area contributed by atoms with E-state index in [1.54, 1.807) is 19.2 Å². The average Bonchev–Trinajstić information content (AvgIpc) is 2.63. The van der Waals surface area contributed by atoms with Crippen LogP contribution in [0.3, 0.4) is 0 Å². The van der Waals surface area contributed by atoms with E-state index in [2.05, 4.69) is 5.32 Å². The Bertz CT molecular complexity index is 824. The van der Waals surface area contributed by atoms with Gasteiger partial charge in [0.25, 0.3) is 5.69 Å². The van der Waals surface area contributed by atoms with Gasteiger partial charge in [0.15, 0.2) is 11.5 Å². The average molecular weight is 361 g/mol. The van der Waals surface area contributed by atoms with Crippen molar-refractivity contribution in [3.05, 3.63) is 52.1 Å². The van der Waals surface area contributed by atoms with Gasteiger partial charge in [-0.15, -0.1) is 0 Å². The number of urea groups is 1. The number of phenols is 1. The van der Waals surface area contributed by atoms with Crippen molar-refractivity contribution in [2.45, 2.75) is 6.54 Å². The number of nitro benzene ring substituents is 1. The maximum absolute atomic E-state index is 12.3. The third-order valence-corrected chi connectivity index (χ3v) is 3.65. The van der Waals surface area contributed by atoms with Crippen LogP contribution in [-0.2, 0) is 6.54 Å². The van der Waals surface area contributed by atoms with E-state index in [1.165, 1.54) is 43.4 Å². The quantitative estimate of drug-likeness (QED) is 0.604. The summed E-state index contributed by atoms with van der Waals surface area (Å²) >= 11 is 0. The van der Waals surface area contributed by atoms with Crippen LogP contribution >= 0.6 is 0 Å². The molecule has 2 rings (SSSR count). The van der Waals surface area contributed by atoms with E-state index in [9.17, 15) is 20.0 Å². The highest BCUT2D eigenvalue weighted by molar-refractivity contribution is 5.91. The third kappa shape index (κ3) is 4.32. The second-order valence-corrected chi connectivity index (χ2v) is 5.43. The molecular formula is C17H19N3O6. The van der Waals surface area contributed by atoms with Gasteiger partial charge in [-0.25, -0.2) is 4.79 Å². The van der Waals surface area contributed by atoms with Gasteiger partial charge in [0.2, 0.25) is 0 Å². The molecule has 9 heteroatoms. The molecule has 0 atom stereocenters. The molecule has 0 heterocycles. The number of amides is 2. The zero-order valence-corrected chi connectivity index (χ0v) is 14.6. The van der Waals surface area contributed by atoms with Crippen LogP contribution in [0.25, 0.3) is 0 Å². The lowest BCUT2D eigenvalue weighted by molar-refractivity contribution is -0.384. The minimum Gasteiger partial charge on any atom is -0.504 e. The predicted octanol–water partition coefficient (Wildman–Crippen LogP) is 2.98. The lowest BCUT2D eigenvalue weighted by Crippen LogP contribution is -2.31. The first-order valence-corrected chi connectivity index (χ1v) is 7.56. The van der Waals surface area contributed by atoms with Gasteiger partial charge >= 0.3 is 6.03 Å². The van der Waals surface area contributed by atoms with Crippen molar-refractivity contribution >= 4 is 17.4 Å². The van der Waals surface area contributed by atoms with Crippen molar-refractivity contribution in [3.8, 4) is 17.2 Å². The number of nitrogens with zero attached hydrogens (tertiary/aromatic N) is 2. The van der Waals surface area contributed by atoms with E-state index in [4.69, 9.17) is 9.47 Å². The van der Waals surface area contributed by atoms with Crippen molar-refractivity contribution < 1.29 is 24.3 Å². The van der Waals surface area contributed by atoms with Gasteiger partial charge in [-0.3, -0.25) is 10.1 Å². The molecule has 26 heavy (non-hydrogen) atoms. The van der Waals surface area contributed by atoms with E-state index >= 15 is 0 Å². The number of rotatable bonds is 6. The van der Waals surface area contributed by atoms with Crippen LogP contribution in [0, 0.1) is 10.1 Å². The van der Waals surface area contributed by atoms with E-state index in [-0.39, 0.29) is 23.7 Å². The Hall–Kier alpha value is -3.49. The number of nitrogens with one attached hydrogen (secondary N) is 1. The molecule has 0 aliphatic carbocycles. The predicted molar refractivity (Wildman–Crippen MR) is 94.8 cm³/mol. The van der Waals surface area contributed by atoms with Gasteiger partial charge in [-0.2, -0.15) is 0 Å². The summed E-state index contributed by atoms with van der Waals surface area (Å²) in [5.74, 6) is 0.610. The van der Waals surface area contributed by atoms with Crippen LogP contribution in [0.5, 0.6) is 17.2 Å². The number of carbonyl (C=O) groups excluding carboxylic acids is 1. The molecule has 2 N–H and O–H groups in total. The Morgan fingerprint density at radius 2 is 1.96 bits per heavy atom. The number of phenolic OH excluding ortho intramolecular Hbond substituents is 1. The van der Waals surface area contributed by atoms with Crippen molar-refractivity contribution in [2.24, 2.45) is 0 Å². The molecule has 0 saturated carbocycles. The summed E-state index contributed by atoms with van der Waals surface area (Å²) in [6.45, 7) is 0.215. The molecule has 0 aliphatic heterocycles. The standard InChI is InChI=1S/C17H19N3O6/c1-19(10-11-4-7-15(21)16(8-11)26-3)17(22)18-13-6-5-12(25-2)9-14(13)20(23)24/h4-9,21H,10H2,1-3H3,(H,18,22). The molecule has 0 aliphatic rings. The number of carbonyl (C=O) groups is 1. The second kappa shape index (κ2) is 8.06. The fourth-order valence-electron chi connectivity index (χ4n) is 2.27. The van der Waals surface area contributed by atoms with E-state index in [0.29, 0.717) is 11.5 Å². The molecule has 0 saturated heterocycles. The number of ether oxygens (including phenoxy) is 2. The second-order valence-electron chi connectivity index (χ2n) is 5.43. The largest absolute Gasteiger partial charge is 0.504 e. The maximum Gasteiger partial charge on any atom is 0.322 e. The SMILES string of the molecule is COc1ccc(NC(=O)N(C)Cc2ccc(O)c(OC)c2)c([N+](=O)[O-])c1. The van der Waals surface area contributed by atoms with Crippen LogP contribution in [0.4, 0.5) is 16.2 Å². The lowest BCUT2D eigenvalue weighted by atomic mass is 10.2. The number of hydrogen-bond acceptors (Lipinski definition) is 6. The fraction of sp³-hybridized carbons (Fsp3) is 0.235. The Labute approximate surface area is 149 Å². The molecule has 9 nitrogen and oxygen atoms in total. The number of benzene rings is 2. The smallest absolute Gasteiger partial charge is 0.322 e. The van der Waals surface area contributed by atoms with Gasteiger partial charge in [0, 0.05) is 13.6 Å². The summed E-state index contributed by atoms with van der Waals surface area (Å²) < 4.78 is 9.99. The van der Waals surface area contributed by atoms with Gasteiger partial charge in [-0.05, 0) is 29.8 Å². The van der Waals surface area contributed by atoms with Gasteiger partial charge in [0.05, 0.1) is 25.2 Å². The highest BCUT2D eigenvalue weighted by Crippen LogP contribution is 2.29. The molecule has 0 spiro atoms. The van der Waals surface area contributed by atoms with Crippen molar-refractivity contribution in [3.63, 3.8) is 0 Å². The highest BCUT2D eigenvalue weighted by atomic mass is 16.6. The van der Waals surface area contributed by atoms with Crippen molar-refractivity contribution in [1.29, 1.82) is 0 Å². The summed E-state index contributed by atoms with van der Waals surface area (Å²) in [6.07, 6.45) is 0. The number of aromatic hydroxyl groups is 1. The van der Waals surface area contributed by atoms with Crippen molar-refractivity contribution in [1.82, 2.24) is 4.90 Å². The number of hydrogen-bond donors (Lipinski definition) is 2. The molecule has 0 unspecified atom stereocenters. The summed E-state index contributed by atoms with van der Waals surface area (Å²) in [5, 5.41) is 23.3. The van der Waals surface area contributed by atoms with Gasteiger partial charge in [0.1, 0.15) is 11.4 Å². The summed E-state index contributed by atoms with van der Waals surface area (Å²) in [6, 6.07) is 8.37. The van der Waals surface area contributed by atoms with Gasteiger partial charge in [-0.1, -0.05) is 6.07 Å². The van der Waals surface area contributed by atoms with E-state index in [0.717, 1.165) is 5.56 Å². The Balaban J connectivity index is 2.13. The van der Waals surface area contributed by atoms with Gasteiger partial charge < -0.3 is 24.8 Å². The fourth-order valence-corrected chi connectivity index (χ4v) is 2.27. The van der Waals surface area contributed by atoms with Crippen LogP contribution < -0.4 is 14.8 Å². The minimum atomic E-state index is -0.594. The van der Waals surface area contributed by atoms with Crippen LogP contribution in [-0.4, -0.2) is 42.2 Å². The normalized spacial score (nSPS) is 10.1. The Morgan fingerprint density at radius 3 is 2.58 bits per heavy atom. The molecule has 2 aromatic carbocycles. The topological polar surface area (TPSA) is 114 Å². The summed E-state index contributed by atoms with van der Waals surface area (Å²) in [4.78, 5) is 24.3. The molecule has 0 aromatic heterocycles. The molecule has 2 aromatic rings. The number of methoxy groups -OCH3 is 2. The third-order valence-electron chi connectivity index (χ3n) is 3.65. The maximum atomic E-state index is 12.3. The Kier molecular flexibility index (Phi) is 5.84. The van der Waals surface area contributed by atoms with Crippen LogP contribution in [0.15, 0.2) is 36.4 Å². The lowest BCUT2D eigenvalue weighted by Gasteiger charge is -2.18. The highest BCUT2D eigenvalue weighted by Gasteiger charge is 2.19. The van der Waals surface area contributed by atoms with E-state index < -0.39 is 11.0 Å². The van der Waals surface area contributed by atoms with Crippen LogP contribution in [0.1, 0.15) is 5.56 Å². The molecule has 2 amide bonds. The Morgan fingerprint density at radius 1 is 1.23 bits per heavy atom. The number of anilines is 1. The monoisotopic (exact) mass is 361 g/mol. The number of nitro groups is 1. The van der Waals surface area contributed by atoms with E-state index in [1.807, 2.05) is 0 Å². The van der Waals surface area contributed by atoms with Crippen LogP contribution in [0.2, 0.25) is 0 Å². The zero-order chi connectivity index (χ0) is 19.3. The summed E-state index contributed by atoms with van der Waals surface area (Å²) in [5.41, 5.74) is 0.523. The molecule has 0 bridgehead atoms. The molecule has 0 radical (unpaired) electrons. The first-order valence-electron chi connectivity index (χ1n) is 7.56. The summed E-state index contributed by atoms with van der Waals surface area (Å²) in [7, 11) is 4.37. The minimum absolute atomic E-state index is 0.00258. The molecule has 138 valence electrons.